The van der Waals surface area contributed by atoms with Crippen LogP contribution in [0.1, 0.15) is 28.8 Å². The Morgan fingerprint density at radius 1 is 1.08 bits per heavy atom. The molecule has 1 amide bonds. The van der Waals surface area contributed by atoms with Gasteiger partial charge >= 0.3 is 11.9 Å². The summed E-state index contributed by atoms with van der Waals surface area (Å²) in [7, 11) is 0. The quantitative estimate of drug-likeness (QED) is 0.578. The van der Waals surface area contributed by atoms with Crippen molar-refractivity contribution in [1.29, 1.82) is 0 Å². The highest BCUT2D eigenvalue weighted by Gasteiger charge is 2.13. The fraction of sp³-hybridized carbons (Fsp3) is 0.176. The Morgan fingerprint density at radius 2 is 1.88 bits per heavy atom. The standard InChI is InChI=1S/C17H17N3O5/c21-15(5-6-16(22)23)20-12-3-4-14(13(8-12)17(24)25)19-10-11-2-1-7-18-9-11/h1-4,7-9,19H,5-6,10H2,(H,20,21)(H,22,23)(H,24,25). The molecule has 8 heteroatoms. The smallest absolute Gasteiger partial charge is 0.337 e. The maximum Gasteiger partial charge on any atom is 0.337 e. The third kappa shape index (κ3) is 5.61. The molecular weight excluding hydrogens is 326 g/mol. The van der Waals surface area contributed by atoms with Crippen molar-refractivity contribution in [3.8, 4) is 0 Å². The number of aromatic carboxylic acids is 1. The minimum atomic E-state index is -1.14. The molecule has 0 aliphatic heterocycles. The van der Waals surface area contributed by atoms with Gasteiger partial charge < -0.3 is 20.8 Å². The number of amides is 1. The summed E-state index contributed by atoms with van der Waals surface area (Å²) in [4.78, 5) is 37.5. The van der Waals surface area contributed by atoms with Gasteiger partial charge in [0, 0.05) is 36.7 Å². The average Bonchev–Trinajstić information content (AvgIpc) is 2.59. The lowest BCUT2D eigenvalue weighted by atomic mass is 10.1. The van der Waals surface area contributed by atoms with E-state index in [9.17, 15) is 19.5 Å². The molecule has 25 heavy (non-hydrogen) atoms. The Morgan fingerprint density at radius 3 is 2.52 bits per heavy atom. The summed E-state index contributed by atoms with van der Waals surface area (Å²) in [5.41, 5.74) is 1.59. The molecule has 2 rings (SSSR count). The lowest BCUT2D eigenvalue weighted by Gasteiger charge is -2.12. The minimum absolute atomic E-state index is 0.0000695. The van der Waals surface area contributed by atoms with E-state index in [0.29, 0.717) is 17.9 Å². The van der Waals surface area contributed by atoms with Gasteiger partial charge in [0.05, 0.1) is 12.0 Å². The van der Waals surface area contributed by atoms with Gasteiger partial charge in [-0.2, -0.15) is 0 Å². The van der Waals surface area contributed by atoms with E-state index in [1.165, 1.54) is 6.07 Å². The van der Waals surface area contributed by atoms with Gasteiger partial charge in [-0.25, -0.2) is 4.79 Å². The first-order valence-electron chi connectivity index (χ1n) is 7.47. The molecule has 0 unspecified atom stereocenters. The average molecular weight is 343 g/mol. The van der Waals surface area contributed by atoms with Crippen LogP contribution in [0.4, 0.5) is 11.4 Å². The van der Waals surface area contributed by atoms with E-state index in [1.807, 2.05) is 6.07 Å². The second-order valence-electron chi connectivity index (χ2n) is 5.22. The second-order valence-corrected chi connectivity index (χ2v) is 5.22. The Balaban J connectivity index is 2.07. The van der Waals surface area contributed by atoms with E-state index >= 15 is 0 Å². The van der Waals surface area contributed by atoms with Crippen molar-refractivity contribution in [2.24, 2.45) is 0 Å². The Bertz CT molecular complexity index is 777. The first kappa shape index (κ1) is 17.9. The molecule has 0 atom stereocenters. The number of hydrogen-bond acceptors (Lipinski definition) is 5. The van der Waals surface area contributed by atoms with Crippen LogP contribution in [0.5, 0.6) is 0 Å². The SMILES string of the molecule is O=C(O)CCC(=O)Nc1ccc(NCc2cccnc2)c(C(=O)O)c1. The molecule has 0 spiro atoms. The number of hydrogen-bond donors (Lipinski definition) is 4. The van der Waals surface area contributed by atoms with Crippen LogP contribution < -0.4 is 10.6 Å². The van der Waals surface area contributed by atoms with Crippen LogP contribution in [-0.4, -0.2) is 33.0 Å². The topological polar surface area (TPSA) is 129 Å². The first-order valence-corrected chi connectivity index (χ1v) is 7.47. The predicted octanol–water partition coefficient (Wildman–Crippen LogP) is 2.20. The Kier molecular flexibility index (Phi) is 6.05. The van der Waals surface area contributed by atoms with Crippen molar-refractivity contribution >= 4 is 29.2 Å². The van der Waals surface area contributed by atoms with Gasteiger partial charge in [-0.05, 0) is 29.8 Å². The van der Waals surface area contributed by atoms with Gasteiger partial charge in [0.1, 0.15) is 0 Å². The number of aromatic nitrogens is 1. The van der Waals surface area contributed by atoms with Crippen LogP contribution in [-0.2, 0) is 16.1 Å². The zero-order valence-electron chi connectivity index (χ0n) is 13.2. The van der Waals surface area contributed by atoms with E-state index in [-0.39, 0.29) is 18.4 Å². The number of carbonyl (C=O) groups is 3. The molecule has 4 N–H and O–H groups in total. The predicted molar refractivity (Wildman–Crippen MR) is 90.5 cm³/mol. The summed E-state index contributed by atoms with van der Waals surface area (Å²) in [6.45, 7) is 0.401. The highest BCUT2D eigenvalue weighted by atomic mass is 16.4. The molecule has 0 radical (unpaired) electrons. The van der Waals surface area contributed by atoms with Gasteiger partial charge in [0.2, 0.25) is 5.91 Å². The molecule has 130 valence electrons. The van der Waals surface area contributed by atoms with Crippen molar-refractivity contribution in [2.45, 2.75) is 19.4 Å². The zero-order valence-corrected chi connectivity index (χ0v) is 13.2. The van der Waals surface area contributed by atoms with Crippen LogP contribution in [0.25, 0.3) is 0 Å². The minimum Gasteiger partial charge on any atom is -0.481 e. The molecular formula is C17H17N3O5. The Hall–Kier alpha value is -3.42. The number of nitrogens with one attached hydrogen (secondary N) is 2. The number of rotatable bonds is 8. The third-order valence-corrected chi connectivity index (χ3v) is 3.31. The van der Waals surface area contributed by atoms with Gasteiger partial charge in [0.25, 0.3) is 0 Å². The molecule has 0 aliphatic carbocycles. The number of aliphatic carboxylic acids is 1. The first-order chi connectivity index (χ1) is 12.0. The van der Waals surface area contributed by atoms with Crippen LogP contribution in [0.15, 0.2) is 42.7 Å². The van der Waals surface area contributed by atoms with E-state index in [4.69, 9.17) is 5.11 Å². The van der Waals surface area contributed by atoms with Gasteiger partial charge in [-0.1, -0.05) is 6.07 Å². The monoisotopic (exact) mass is 343 g/mol. The van der Waals surface area contributed by atoms with Gasteiger partial charge in [-0.3, -0.25) is 14.6 Å². The van der Waals surface area contributed by atoms with E-state index < -0.39 is 17.8 Å². The molecule has 0 bridgehead atoms. The van der Waals surface area contributed by atoms with Crippen molar-refractivity contribution in [3.63, 3.8) is 0 Å². The van der Waals surface area contributed by atoms with Crippen LogP contribution >= 0.6 is 0 Å². The largest absolute Gasteiger partial charge is 0.481 e. The lowest BCUT2D eigenvalue weighted by molar-refractivity contribution is -0.138. The van der Waals surface area contributed by atoms with Crippen LogP contribution in [0, 0.1) is 0 Å². The highest BCUT2D eigenvalue weighted by molar-refractivity contribution is 5.98. The van der Waals surface area contributed by atoms with Crippen LogP contribution in [0.3, 0.4) is 0 Å². The molecule has 2 aromatic rings. The van der Waals surface area contributed by atoms with Crippen molar-refractivity contribution in [2.75, 3.05) is 10.6 Å². The summed E-state index contributed by atoms with van der Waals surface area (Å²) in [6, 6.07) is 8.07. The molecule has 0 saturated heterocycles. The van der Waals surface area contributed by atoms with Crippen molar-refractivity contribution in [3.05, 3.63) is 53.9 Å². The fourth-order valence-electron chi connectivity index (χ4n) is 2.10. The van der Waals surface area contributed by atoms with E-state index in [2.05, 4.69) is 15.6 Å². The summed E-state index contributed by atoms with van der Waals surface area (Å²) in [5, 5.41) is 23.4. The van der Waals surface area contributed by atoms with E-state index in [0.717, 1.165) is 5.56 Å². The number of nitrogens with zero attached hydrogens (tertiary/aromatic N) is 1. The molecule has 8 nitrogen and oxygen atoms in total. The normalized spacial score (nSPS) is 10.1. The molecule has 0 saturated carbocycles. The maximum atomic E-state index is 11.6. The van der Waals surface area contributed by atoms with Crippen LogP contribution in [0.2, 0.25) is 0 Å². The number of carbonyl (C=O) groups excluding carboxylic acids is 1. The summed E-state index contributed by atoms with van der Waals surface area (Å²) < 4.78 is 0. The number of pyridine rings is 1. The third-order valence-electron chi connectivity index (χ3n) is 3.31. The molecule has 1 heterocycles. The zero-order chi connectivity index (χ0) is 18.2. The number of benzene rings is 1. The second kappa shape index (κ2) is 8.44. The van der Waals surface area contributed by atoms with Gasteiger partial charge in [-0.15, -0.1) is 0 Å². The molecule has 1 aromatic heterocycles. The number of carboxylic acids is 2. The molecule has 0 fully saturated rings. The molecule has 1 aromatic carbocycles. The summed E-state index contributed by atoms with van der Waals surface area (Å²) in [5.74, 6) is -2.71. The van der Waals surface area contributed by atoms with Crippen molar-refractivity contribution < 1.29 is 24.6 Å². The fourth-order valence-corrected chi connectivity index (χ4v) is 2.10. The molecule has 0 aliphatic rings. The van der Waals surface area contributed by atoms with Gasteiger partial charge in [0.15, 0.2) is 0 Å². The number of anilines is 2. The summed E-state index contributed by atoms with van der Waals surface area (Å²) in [6.07, 6.45) is 2.85. The van der Waals surface area contributed by atoms with Crippen molar-refractivity contribution in [1.82, 2.24) is 4.98 Å². The maximum absolute atomic E-state index is 11.6. The Labute approximate surface area is 143 Å². The van der Waals surface area contributed by atoms with E-state index in [1.54, 1.807) is 30.6 Å². The highest BCUT2D eigenvalue weighted by Crippen LogP contribution is 2.22. The lowest BCUT2D eigenvalue weighted by Crippen LogP contribution is -2.14. The number of carboxylic acid groups (broad SMARTS) is 2. The summed E-state index contributed by atoms with van der Waals surface area (Å²) >= 11 is 0.